The summed E-state index contributed by atoms with van der Waals surface area (Å²) in [5, 5.41) is 3.55. The molecule has 0 aromatic heterocycles. The van der Waals surface area contributed by atoms with E-state index in [1.807, 2.05) is 29.2 Å². The Morgan fingerprint density at radius 3 is 2.48 bits per heavy atom. The number of likely N-dealkylation sites (N-methyl/N-ethyl adjacent to an activating group) is 1. The molecular weight excluding hydrogens is 310 g/mol. The Labute approximate surface area is 151 Å². The second-order valence-corrected chi connectivity index (χ2v) is 7.66. The first-order valence-electron chi connectivity index (χ1n) is 9.53. The van der Waals surface area contributed by atoms with Crippen molar-refractivity contribution in [2.45, 2.75) is 26.7 Å². The van der Waals surface area contributed by atoms with Crippen LogP contribution in [0.2, 0.25) is 0 Å². The lowest BCUT2D eigenvalue weighted by Gasteiger charge is -2.32. The van der Waals surface area contributed by atoms with E-state index in [2.05, 4.69) is 37.2 Å². The molecule has 1 aromatic rings. The summed E-state index contributed by atoms with van der Waals surface area (Å²) in [6, 6.07) is 7.98. The van der Waals surface area contributed by atoms with Crippen molar-refractivity contribution in [2.24, 2.45) is 11.8 Å². The molecule has 1 amide bonds. The molecule has 0 unspecified atom stereocenters. The molecule has 1 heterocycles. The number of nitrogens with zero attached hydrogens (tertiary/aromatic N) is 2. The van der Waals surface area contributed by atoms with Crippen LogP contribution in [0.25, 0.3) is 0 Å². The second-order valence-electron chi connectivity index (χ2n) is 7.66. The van der Waals surface area contributed by atoms with Gasteiger partial charge in [0, 0.05) is 44.0 Å². The first kappa shape index (κ1) is 18.0. The van der Waals surface area contributed by atoms with Gasteiger partial charge in [-0.1, -0.05) is 18.6 Å². The van der Waals surface area contributed by atoms with Crippen molar-refractivity contribution in [2.75, 3.05) is 45.1 Å². The quantitative estimate of drug-likeness (QED) is 0.852. The Morgan fingerprint density at radius 2 is 1.84 bits per heavy atom. The van der Waals surface area contributed by atoms with Gasteiger partial charge in [0.1, 0.15) is 0 Å². The summed E-state index contributed by atoms with van der Waals surface area (Å²) in [4.78, 5) is 16.8. The van der Waals surface area contributed by atoms with Crippen molar-refractivity contribution in [1.29, 1.82) is 0 Å². The van der Waals surface area contributed by atoms with Gasteiger partial charge in [0.25, 0.3) is 5.91 Å². The summed E-state index contributed by atoms with van der Waals surface area (Å²) in [7, 11) is 2.10. The van der Waals surface area contributed by atoms with Crippen molar-refractivity contribution >= 4 is 11.6 Å². The van der Waals surface area contributed by atoms with E-state index < -0.39 is 0 Å². The number of piperazine rings is 1. The van der Waals surface area contributed by atoms with Crippen LogP contribution in [-0.2, 0) is 0 Å². The number of nitrogens with one attached hydrogen (secondary N) is 1. The fourth-order valence-corrected chi connectivity index (χ4v) is 3.89. The maximum atomic E-state index is 12.6. The molecule has 4 heteroatoms. The molecule has 4 nitrogen and oxygen atoms in total. The maximum Gasteiger partial charge on any atom is 0.253 e. The van der Waals surface area contributed by atoms with Gasteiger partial charge >= 0.3 is 0 Å². The summed E-state index contributed by atoms with van der Waals surface area (Å²) in [5.41, 5.74) is 3.39. The largest absolute Gasteiger partial charge is 0.384 e. The van der Waals surface area contributed by atoms with E-state index in [4.69, 9.17) is 0 Å². The zero-order chi connectivity index (χ0) is 17.8. The van der Waals surface area contributed by atoms with Crippen LogP contribution in [0.15, 0.2) is 35.9 Å². The molecule has 0 radical (unpaired) electrons. The Kier molecular flexibility index (Phi) is 5.79. The lowest BCUT2D eigenvalue weighted by molar-refractivity contribution is 0.0664. The Hall–Kier alpha value is -1.81. The normalized spacial score (nSPS) is 24.8. The van der Waals surface area contributed by atoms with Crippen molar-refractivity contribution < 1.29 is 4.79 Å². The molecular formula is C21H31N3O. The van der Waals surface area contributed by atoms with Gasteiger partial charge in [-0.25, -0.2) is 0 Å². The Morgan fingerprint density at radius 1 is 1.16 bits per heavy atom. The highest BCUT2D eigenvalue weighted by Crippen LogP contribution is 2.30. The van der Waals surface area contributed by atoms with Crippen LogP contribution < -0.4 is 5.32 Å². The van der Waals surface area contributed by atoms with Crippen LogP contribution in [0.4, 0.5) is 5.69 Å². The van der Waals surface area contributed by atoms with E-state index in [0.717, 1.165) is 49.9 Å². The maximum absolute atomic E-state index is 12.6. The lowest BCUT2D eigenvalue weighted by atomic mass is 9.80. The van der Waals surface area contributed by atoms with Gasteiger partial charge < -0.3 is 15.1 Å². The fraction of sp³-hybridized carbons (Fsp3) is 0.571. The molecule has 0 saturated carbocycles. The molecule has 136 valence electrons. The van der Waals surface area contributed by atoms with Crippen LogP contribution >= 0.6 is 0 Å². The van der Waals surface area contributed by atoms with Gasteiger partial charge in [-0.05, 0) is 62.9 Å². The summed E-state index contributed by atoms with van der Waals surface area (Å²) in [6.07, 6.45) is 4.87. The minimum absolute atomic E-state index is 0.152. The SMILES string of the molecule is CC1=CCC[C@H](C)[C@@H]1CNc1ccc(C(=O)N2CCN(C)CC2)cc1. The van der Waals surface area contributed by atoms with E-state index in [1.165, 1.54) is 18.4 Å². The van der Waals surface area contributed by atoms with Crippen molar-refractivity contribution in [1.82, 2.24) is 9.80 Å². The van der Waals surface area contributed by atoms with Gasteiger partial charge in [-0.15, -0.1) is 0 Å². The number of allylic oxidation sites excluding steroid dienone is 1. The molecule has 1 aromatic carbocycles. The molecule has 2 atom stereocenters. The van der Waals surface area contributed by atoms with E-state index in [-0.39, 0.29) is 5.91 Å². The van der Waals surface area contributed by atoms with Crippen LogP contribution in [-0.4, -0.2) is 55.5 Å². The molecule has 1 fully saturated rings. The number of carbonyl (C=O) groups excluding carboxylic acids is 1. The number of rotatable bonds is 4. The molecule has 2 aliphatic rings. The van der Waals surface area contributed by atoms with Gasteiger partial charge in [0.05, 0.1) is 0 Å². The fourth-order valence-electron chi connectivity index (χ4n) is 3.89. The van der Waals surface area contributed by atoms with Crippen LogP contribution in [0.1, 0.15) is 37.0 Å². The third-order valence-electron chi connectivity index (χ3n) is 5.81. The average molecular weight is 341 g/mol. The minimum atomic E-state index is 0.152. The summed E-state index contributed by atoms with van der Waals surface area (Å²) < 4.78 is 0. The molecule has 1 N–H and O–H groups in total. The van der Waals surface area contributed by atoms with E-state index in [0.29, 0.717) is 5.92 Å². The summed E-state index contributed by atoms with van der Waals surface area (Å²) in [6.45, 7) is 9.12. The van der Waals surface area contributed by atoms with Crippen molar-refractivity contribution in [3.63, 3.8) is 0 Å². The molecule has 1 saturated heterocycles. The molecule has 3 rings (SSSR count). The molecule has 0 spiro atoms. The summed E-state index contributed by atoms with van der Waals surface area (Å²) >= 11 is 0. The highest BCUT2D eigenvalue weighted by atomic mass is 16.2. The Balaban J connectivity index is 1.56. The number of amides is 1. The Bertz CT molecular complexity index is 615. The zero-order valence-electron chi connectivity index (χ0n) is 15.8. The third kappa shape index (κ3) is 4.43. The first-order chi connectivity index (χ1) is 12.0. The molecule has 1 aliphatic heterocycles. The average Bonchev–Trinajstić information content (AvgIpc) is 2.62. The van der Waals surface area contributed by atoms with Crippen molar-refractivity contribution in [3.8, 4) is 0 Å². The van der Waals surface area contributed by atoms with Crippen LogP contribution in [0.3, 0.4) is 0 Å². The van der Waals surface area contributed by atoms with Crippen molar-refractivity contribution in [3.05, 3.63) is 41.5 Å². The standard InChI is InChI=1S/C21H31N3O/c1-16-5-4-6-17(2)20(16)15-22-19-9-7-18(8-10-19)21(25)24-13-11-23(3)12-14-24/h5,7-10,17,20,22H,4,6,11-15H2,1-3H3/t17-,20+/m0/s1. The highest BCUT2D eigenvalue weighted by molar-refractivity contribution is 5.94. The van der Waals surface area contributed by atoms with E-state index >= 15 is 0 Å². The van der Waals surface area contributed by atoms with Gasteiger partial charge in [-0.2, -0.15) is 0 Å². The monoisotopic (exact) mass is 341 g/mol. The minimum Gasteiger partial charge on any atom is -0.384 e. The molecule has 25 heavy (non-hydrogen) atoms. The van der Waals surface area contributed by atoms with E-state index in [1.54, 1.807) is 0 Å². The topological polar surface area (TPSA) is 35.6 Å². The number of carbonyl (C=O) groups is 1. The van der Waals surface area contributed by atoms with Gasteiger partial charge in [-0.3, -0.25) is 4.79 Å². The number of hydrogen-bond donors (Lipinski definition) is 1. The summed E-state index contributed by atoms with van der Waals surface area (Å²) in [5.74, 6) is 1.50. The zero-order valence-corrected chi connectivity index (χ0v) is 15.8. The van der Waals surface area contributed by atoms with E-state index in [9.17, 15) is 4.79 Å². The van der Waals surface area contributed by atoms with Gasteiger partial charge in [0.15, 0.2) is 0 Å². The predicted molar refractivity (Wildman–Crippen MR) is 104 cm³/mol. The predicted octanol–water partition coefficient (Wildman–Crippen LogP) is 3.48. The van der Waals surface area contributed by atoms with Crippen LogP contribution in [0, 0.1) is 11.8 Å². The van der Waals surface area contributed by atoms with Crippen LogP contribution in [0.5, 0.6) is 0 Å². The molecule has 1 aliphatic carbocycles. The lowest BCUT2D eigenvalue weighted by Crippen LogP contribution is -2.47. The number of benzene rings is 1. The first-order valence-corrected chi connectivity index (χ1v) is 9.53. The smallest absolute Gasteiger partial charge is 0.253 e. The third-order valence-corrected chi connectivity index (χ3v) is 5.81. The number of anilines is 1. The second kappa shape index (κ2) is 8.05. The molecule has 0 bridgehead atoms. The highest BCUT2D eigenvalue weighted by Gasteiger charge is 2.22. The number of hydrogen-bond acceptors (Lipinski definition) is 3. The van der Waals surface area contributed by atoms with Gasteiger partial charge in [0.2, 0.25) is 0 Å².